The number of nitrogens with one attached hydrogen (secondary N) is 2. The number of aromatic carboxylic acids is 1. The van der Waals surface area contributed by atoms with Crippen LogP contribution in [0.1, 0.15) is 23.7 Å². The maximum Gasteiger partial charge on any atom is 0.354 e. The number of aliphatic hydroxyl groups is 1. The average Bonchev–Trinajstić information content (AvgIpc) is 3.31. The lowest BCUT2D eigenvalue weighted by Crippen LogP contribution is -2.60. The van der Waals surface area contributed by atoms with E-state index in [9.17, 15) is 29.4 Å². The van der Waals surface area contributed by atoms with E-state index in [1.807, 2.05) is 0 Å². The zero-order valence-corrected chi connectivity index (χ0v) is 18.5. The number of carboxylic acid groups (broad SMARTS) is 2. The molecule has 3 heterocycles. The van der Waals surface area contributed by atoms with Crippen molar-refractivity contribution in [1.82, 2.24) is 10.2 Å². The van der Waals surface area contributed by atoms with Crippen LogP contribution in [0.25, 0.3) is 0 Å². The van der Waals surface area contributed by atoms with E-state index in [1.165, 1.54) is 47.5 Å². The summed E-state index contributed by atoms with van der Waals surface area (Å²) in [6.07, 6.45) is -0.429. The summed E-state index contributed by atoms with van der Waals surface area (Å²) < 4.78 is 0.501. The molecule has 2 saturated heterocycles. The first-order valence-corrected chi connectivity index (χ1v) is 11.6. The minimum Gasteiger partial charge on any atom is -0.478 e. The van der Waals surface area contributed by atoms with E-state index in [0.29, 0.717) is 22.9 Å². The van der Waals surface area contributed by atoms with Gasteiger partial charge in [-0.05, 0) is 31.5 Å². The van der Waals surface area contributed by atoms with Crippen molar-refractivity contribution < 1.29 is 34.5 Å². The number of carbonyl (C=O) groups is 4. The Morgan fingerprint density at radius 1 is 1.28 bits per heavy atom. The second-order valence-corrected chi connectivity index (χ2v) is 10.4. The highest BCUT2D eigenvalue weighted by molar-refractivity contribution is 8.23. The quantitative estimate of drug-likeness (QED) is 0.357. The first kappa shape index (κ1) is 22.6. The molecule has 2 fully saturated rings. The number of aliphatic hydroxyl groups excluding tert-OH is 1. The Morgan fingerprint density at radius 2 is 2.03 bits per heavy atom. The van der Waals surface area contributed by atoms with Gasteiger partial charge in [0.1, 0.15) is 5.37 Å². The number of hydrogen-bond donors (Lipinski definition) is 5. The van der Waals surface area contributed by atoms with E-state index in [2.05, 4.69) is 10.6 Å². The van der Waals surface area contributed by atoms with Crippen LogP contribution in [0.5, 0.6) is 0 Å². The van der Waals surface area contributed by atoms with Crippen LogP contribution >= 0.6 is 23.5 Å². The highest BCUT2D eigenvalue weighted by Crippen LogP contribution is 2.54. The van der Waals surface area contributed by atoms with Gasteiger partial charge in [-0.15, -0.1) is 11.8 Å². The summed E-state index contributed by atoms with van der Waals surface area (Å²) in [4.78, 5) is 49.0. The summed E-state index contributed by atoms with van der Waals surface area (Å²) in [5.41, 5.74) is 0.379. The predicted octanol–water partition coefficient (Wildman–Crippen LogP) is 0.953. The normalized spacial score (nSPS) is 27.7. The number of amides is 2. The summed E-state index contributed by atoms with van der Waals surface area (Å²) in [6, 6.07) is 5.43. The van der Waals surface area contributed by atoms with Gasteiger partial charge in [0.2, 0.25) is 11.8 Å². The molecule has 0 aliphatic carbocycles. The van der Waals surface area contributed by atoms with Crippen molar-refractivity contribution in [2.45, 2.75) is 36.1 Å². The number of aliphatic carboxylic acids is 1. The van der Waals surface area contributed by atoms with Crippen molar-refractivity contribution in [3.63, 3.8) is 0 Å². The largest absolute Gasteiger partial charge is 0.478 e. The van der Waals surface area contributed by atoms with Gasteiger partial charge in [-0.2, -0.15) is 0 Å². The Morgan fingerprint density at radius 3 is 2.69 bits per heavy atom. The summed E-state index contributed by atoms with van der Waals surface area (Å²) in [5, 5.41) is 33.8. The molecule has 4 rings (SSSR count). The number of anilines is 1. The second-order valence-electron chi connectivity index (χ2n) is 7.74. The van der Waals surface area contributed by atoms with Crippen LogP contribution in [0.2, 0.25) is 0 Å². The first-order valence-electron chi connectivity index (χ1n) is 9.87. The van der Waals surface area contributed by atoms with Gasteiger partial charge in [0.25, 0.3) is 0 Å². The van der Waals surface area contributed by atoms with Crippen LogP contribution in [-0.4, -0.2) is 73.3 Å². The number of carboxylic acids is 2. The van der Waals surface area contributed by atoms with Gasteiger partial charge in [-0.3, -0.25) is 14.5 Å². The van der Waals surface area contributed by atoms with E-state index < -0.39 is 41.3 Å². The van der Waals surface area contributed by atoms with Gasteiger partial charge in [-0.25, -0.2) is 9.59 Å². The van der Waals surface area contributed by atoms with Crippen LogP contribution in [0.4, 0.5) is 5.69 Å². The molecule has 0 aromatic heterocycles. The minimum atomic E-state index is -1.20. The summed E-state index contributed by atoms with van der Waals surface area (Å²) in [6.45, 7) is 1.98. The molecule has 3 aliphatic heterocycles. The van der Waals surface area contributed by atoms with Crippen LogP contribution in [0.15, 0.2) is 34.2 Å². The molecule has 0 saturated carbocycles. The minimum absolute atomic E-state index is 0.0645. The van der Waals surface area contributed by atoms with Crippen LogP contribution in [-0.2, 0) is 14.4 Å². The average molecular weight is 480 g/mol. The third-order valence-electron chi connectivity index (χ3n) is 5.53. The second kappa shape index (κ2) is 8.77. The SMILES string of the molecule is CC(O)[C@H]1C(=O)N2C(C(=O)O)=C(S[C@@H]3CN[C@H](C(=O)Nc4cccc(C(=O)O)c4)C3)S[C@@H]12. The van der Waals surface area contributed by atoms with E-state index in [0.717, 1.165) is 0 Å². The highest BCUT2D eigenvalue weighted by atomic mass is 32.2. The van der Waals surface area contributed by atoms with Crippen molar-refractivity contribution in [3.05, 3.63) is 39.8 Å². The molecule has 2 amide bonds. The molecule has 12 heteroatoms. The standard InChI is InChI=1S/C20H21N3O7S2/c1-8(24)13-16(26)23-14(19(29)30)20(32-17(13)23)31-11-6-12(21-7-11)15(25)22-10-4-2-3-9(5-10)18(27)28/h2-5,8,11-13,17,21,24H,6-7H2,1H3,(H,22,25)(H,27,28)(H,29,30)/t8?,11-,12-,13-,17-/m0/s1. The lowest BCUT2D eigenvalue weighted by Gasteiger charge is -2.43. The summed E-state index contributed by atoms with van der Waals surface area (Å²) in [5.74, 6) is -3.62. The van der Waals surface area contributed by atoms with Gasteiger partial charge in [-0.1, -0.05) is 17.8 Å². The lowest BCUT2D eigenvalue weighted by molar-refractivity contribution is -0.156. The van der Waals surface area contributed by atoms with Crippen LogP contribution < -0.4 is 10.6 Å². The topological polar surface area (TPSA) is 156 Å². The van der Waals surface area contributed by atoms with E-state index >= 15 is 0 Å². The molecule has 32 heavy (non-hydrogen) atoms. The molecule has 0 bridgehead atoms. The fourth-order valence-corrected chi connectivity index (χ4v) is 7.25. The number of carbonyl (C=O) groups excluding carboxylic acids is 2. The number of benzene rings is 1. The van der Waals surface area contributed by atoms with Crippen molar-refractivity contribution in [2.75, 3.05) is 11.9 Å². The van der Waals surface area contributed by atoms with Gasteiger partial charge in [0, 0.05) is 17.5 Å². The monoisotopic (exact) mass is 479 g/mol. The fraction of sp³-hybridized carbons (Fsp3) is 0.400. The molecular weight excluding hydrogens is 458 g/mol. The van der Waals surface area contributed by atoms with Crippen LogP contribution in [0.3, 0.4) is 0 Å². The molecular formula is C20H21N3O7S2. The molecule has 5 N–H and O–H groups in total. The first-order chi connectivity index (χ1) is 15.2. The van der Waals surface area contributed by atoms with E-state index in [4.69, 9.17) is 5.11 Å². The molecule has 170 valence electrons. The van der Waals surface area contributed by atoms with Crippen molar-refractivity contribution in [2.24, 2.45) is 5.92 Å². The van der Waals surface area contributed by atoms with Gasteiger partial charge < -0.3 is 26.0 Å². The van der Waals surface area contributed by atoms with Gasteiger partial charge in [0.15, 0.2) is 5.70 Å². The van der Waals surface area contributed by atoms with Gasteiger partial charge >= 0.3 is 11.9 Å². The number of thioether (sulfide) groups is 2. The molecule has 10 nitrogen and oxygen atoms in total. The summed E-state index contributed by atoms with van der Waals surface area (Å²) >= 11 is 2.58. The number of hydrogen-bond acceptors (Lipinski definition) is 8. The highest BCUT2D eigenvalue weighted by Gasteiger charge is 2.58. The maximum atomic E-state index is 12.6. The Labute approximate surface area is 191 Å². The zero-order valence-electron chi connectivity index (χ0n) is 16.8. The Kier molecular flexibility index (Phi) is 6.21. The van der Waals surface area contributed by atoms with Gasteiger partial charge in [0.05, 0.1) is 27.9 Å². The number of fused-ring (bicyclic) bond motifs is 1. The molecule has 5 atom stereocenters. The third kappa shape index (κ3) is 4.10. The number of rotatable bonds is 7. The molecule has 1 unspecified atom stereocenters. The predicted molar refractivity (Wildman–Crippen MR) is 118 cm³/mol. The molecule has 0 radical (unpaired) electrons. The van der Waals surface area contributed by atoms with Crippen molar-refractivity contribution >= 4 is 53.0 Å². The van der Waals surface area contributed by atoms with Crippen molar-refractivity contribution in [3.8, 4) is 0 Å². The molecule has 1 aromatic carbocycles. The molecule has 3 aliphatic rings. The smallest absolute Gasteiger partial charge is 0.354 e. The number of nitrogens with zero attached hydrogens (tertiary/aromatic N) is 1. The Hall–Kier alpha value is -2.54. The van der Waals surface area contributed by atoms with E-state index in [1.54, 1.807) is 12.1 Å². The van der Waals surface area contributed by atoms with Crippen LogP contribution in [0, 0.1) is 5.92 Å². The Balaban J connectivity index is 1.39. The third-order valence-corrected chi connectivity index (χ3v) is 8.36. The zero-order chi connectivity index (χ0) is 23.2. The number of β-lactam (4-membered cyclic amide) rings is 1. The maximum absolute atomic E-state index is 12.6. The molecule has 1 aromatic rings. The summed E-state index contributed by atoms with van der Waals surface area (Å²) in [7, 11) is 0. The van der Waals surface area contributed by atoms with E-state index in [-0.39, 0.29) is 22.4 Å². The molecule has 0 spiro atoms. The Bertz CT molecular complexity index is 1030. The van der Waals surface area contributed by atoms with Crippen molar-refractivity contribution in [1.29, 1.82) is 0 Å². The lowest BCUT2D eigenvalue weighted by atomic mass is 9.92. The fourth-order valence-electron chi connectivity index (χ4n) is 3.94.